The van der Waals surface area contributed by atoms with Crippen LogP contribution in [0.25, 0.3) is 0 Å². The highest BCUT2D eigenvalue weighted by Crippen LogP contribution is 2.32. The second kappa shape index (κ2) is 4.06. The summed E-state index contributed by atoms with van der Waals surface area (Å²) in [6.07, 6.45) is 2.11. The molecule has 82 valence electrons. The van der Waals surface area contributed by atoms with Crippen LogP contribution in [0.4, 0.5) is 0 Å². The number of nitrogens with one attached hydrogen (secondary N) is 1. The maximum absolute atomic E-state index is 12.3. The van der Waals surface area contributed by atoms with E-state index in [1.807, 2.05) is 19.1 Å². The number of aryl methyl sites for hydroxylation is 1. The Balaban J connectivity index is 2.19. The molecule has 3 heteroatoms. The Morgan fingerprint density at radius 2 is 2.33 bits per heavy atom. The predicted molar refractivity (Wildman–Crippen MR) is 63.6 cm³/mol. The molecule has 1 aromatic rings. The van der Waals surface area contributed by atoms with E-state index in [2.05, 4.69) is 12.2 Å². The third-order valence-corrected chi connectivity index (χ3v) is 4.11. The van der Waals surface area contributed by atoms with Gasteiger partial charge in [0.2, 0.25) is 0 Å². The molecular weight excluding hydrogens is 206 g/mol. The molecule has 2 heterocycles. The standard InChI is InChI=1S/C12H17NOS/c1-9-4-5-10(15-9)11(14)12(2)6-3-7-13-8-12/h4-5,13H,3,6-8H2,1-2H3. The van der Waals surface area contributed by atoms with Crippen molar-refractivity contribution in [1.29, 1.82) is 0 Å². The van der Waals surface area contributed by atoms with Crippen LogP contribution in [0.3, 0.4) is 0 Å². The van der Waals surface area contributed by atoms with E-state index in [9.17, 15) is 4.79 Å². The molecule has 1 unspecified atom stereocenters. The highest BCUT2D eigenvalue weighted by Gasteiger charge is 2.35. The van der Waals surface area contributed by atoms with Gasteiger partial charge in [0, 0.05) is 16.8 Å². The van der Waals surface area contributed by atoms with E-state index in [1.165, 1.54) is 4.88 Å². The summed E-state index contributed by atoms with van der Waals surface area (Å²) in [5.74, 6) is 0.313. The Labute approximate surface area is 94.7 Å². The van der Waals surface area contributed by atoms with Crippen LogP contribution in [0.15, 0.2) is 12.1 Å². The van der Waals surface area contributed by atoms with Crippen LogP contribution in [0, 0.1) is 12.3 Å². The van der Waals surface area contributed by atoms with Crippen molar-refractivity contribution in [3.05, 3.63) is 21.9 Å². The molecular formula is C12H17NOS. The lowest BCUT2D eigenvalue weighted by Gasteiger charge is -2.32. The molecule has 0 aromatic carbocycles. The third kappa shape index (κ3) is 2.13. The fourth-order valence-corrected chi connectivity index (χ4v) is 3.06. The van der Waals surface area contributed by atoms with Crippen LogP contribution in [0.5, 0.6) is 0 Å². The summed E-state index contributed by atoms with van der Waals surface area (Å²) in [4.78, 5) is 14.4. The van der Waals surface area contributed by atoms with Crippen molar-refractivity contribution in [1.82, 2.24) is 5.32 Å². The van der Waals surface area contributed by atoms with Crippen molar-refractivity contribution in [3.8, 4) is 0 Å². The van der Waals surface area contributed by atoms with E-state index in [4.69, 9.17) is 0 Å². The average molecular weight is 223 g/mol. The Morgan fingerprint density at radius 1 is 1.53 bits per heavy atom. The zero-order valence-corrected chi connectivity index (χ0v) is 10.1. The fraction of sp³-hybridized carbons (Fsp3) is 0.583. The summed E-state index contributed by atoms with van der Waals surface area (Å²) in [7, 11) is 0. The molecule has 1 aliphatic rings. The molecule has 0 spiro atoms. The van der Waals surface area contributed by atoms with Crippen molar-refractivity contribution in [2.24, 2.45) is 5.41 Å². The van der Waals surface area contributed by atoms with Crippen molar-refractivity contribution in [3.63, 3.8) is 0 Å². The van der Waals surface area contributed by atoms with E-state index < -0.39 is 0 Å². The molecule has 0 aliphatic carbocycles. The molecule has 0 saturated carbocycles. The van der Waals surface area contributed by atoms with Gasteiger partial charge in [0.15, 0.2) is 5.78 Å². The SMILES string of the molecule is Cc1ccc(C(=O)C2(C)CCCNC2)s1. The Morgan fingerprint density at radius 3 is 2.87 bits per heavy atom. The normalized spacial score (nSPS) is 26.5. The fourth-order valence-electron chi connectivity index (χ4n) is 2.10. The number of carbonyl (C=O) groups excluding carboxylic acids is 1. The molecule has 0 radical (unpaired) electrons. The van der Waals surface area contributed by atoms with Crippen LogP contribution in [0.2, 0.25) is 0 Å². The minimum absolute atomic E-state index is 0.185. The van der Waals surface area contributed by atoms with Crippen LogP contribution in [-0.2, 0) is 0 Å². The van der Waals surface area contributed by atoms with E-state index in [0.717, 1.165) is 30.8 Å². The first-order valence-electron chi connectivity index (χ1n) is 5.44. The first kappa shape index (κ1) is 10.8. The largest absolute Gasteiger partial charge is 0.316 e. The Kier molecular flexibility index (Phi) is 2.94. The van der Waals surface area contributed by atoms with Gasteiger partial charge >= 0.3 is 0 Å². The van der Waals surface area contributed by atoms with Gasteiger partial charge in [-0.2, -0.15) is 0 Å². The number of ketones is 1. The van der Waals surface area contributed by atoms with Gasteiger partial charge in [0.25, 0.3) is 0 Å². The lowest BCUT2D eigenvalue weighted by atomic mass is 9.78. The average Bonchev–Trinajstić information content (AvgIpc) is 2.65. The first-order chi connectivity index (χ1) is 7.12. The van der Waals surface area contributed by atoms with Crippen LogP contribution in [-0.4, -0.2) is 18.9 Å². The van der Waals surface area contributed by atoms with Crippen molar-refractivity contribution < 1.29 is 4.79 Å². The van der Waals surface area contributed by atoms with Gasteiger partial charge in [-0.15, -0.1) is 11.3 Å². The summed E-state index contributed by atoms with van der Waals surface area (Å²) >= 11 is 1.61. The zero-order valence-electron chi connectivity index (χ0n) is 9.30. The number of thiophene rings is 1. The Bertz CT molecular complexity index is 363. The summed E-state index contributed by atoms with van der Waals surface area (Å²) in [6.45, 7) is 5.99. The Hall–Kier alpha value is -0.670. The van der Waals surface area contributed by atoms with E-state index in [0.29, 0.717) is 5.78 Å². The quantitative estimate of drug-likeness (QED) is 0.781. The zero-order chi connectivity index (χ0) is 10.9. The van der Waals surface area contributed by atoms with Crippen molar-refractivity contribution >= 4 is 17.1 Å². The molecule has 0 amide bonds. The second-order valence-corrected chi connectivity index (χ2v) is 5.87. The molecule has 15 heavy (non-hydrogen) atoms. The lowest BCUT2D eigenvalue weighted by Crippen LogP contribution is -2.43. The number of piperidine rings is 1. The summed E-state index contributed by atoms with van der Waals surface area (Å²) in [6, 6.07) is 3.99. The minimum Gasteiger partial charge on any atom is -0.316 e. The van der Waals surface area contributed by atoms with Gasteiger partial charge in [-0.3, -0.25) is 4.79 Å². The molecule has 1 N–H and O–H groups in total. The maximum atomic E-state index is 12.3. The maximum Gasteiger partial charge on any atom is 0.179 e. The van der Waals surface area contributed by atoms with Crippen LogP contribution >= 0.6 is 11.3 Å². The minimum atomic E-state index is -0.185. The number of hydrogen-bond donors (Lipinski definition) is 1. The topological polar surface area (TPSA) is 29.1 Å². The van der Waals surface area contributed by atoms with Crippen molar-refractivity contribution in [2.45, 2.75) is 26.7 Å². The highest BCUT2D eigenvalue weighted by atomic mass is 32.1. The number of Topliss-reactive ketones (excluding diaryl/α,β-unsaturated/α-hetero) is 1. The third-order valence-electron chi connectivity index (χ3n) is 3.11. The summed E-state index contributed by atoms with van der Waals surface area (Å²) < 4.78 is 0. The lowest BCUT2D eigenvalue weighted by molar-refractivity contribution is 0.0777. The molecule has 1 saturated heterocycles. The molecule has 2 nitrogen and oxygen atoms in total. The molecule has 0 bridgehead atoms. The molecule has 1 atom stereocenters. The summed E-state index contributed by atoms with van der Waals surface area (Å²) in [5.41, 5.74) is -0.185. The van der Waals surface area contributed by atoms with E-state index >= 15 is 0 Å². The van der Waals surface area contributed by atoms with Gasteiger partial charge in [0.1, 0.15) is 0 Å². The number of hydrogen-bond acceptors (Lipinski definition) is 3. The van der Waals surface area contributed by atoms with Gasteiger partial charge in [0.05, 0.1) is 4.88 Å². The van der Waals surface area contributed by atoms with Crippen molar-refractivity contribution in [2.75, 3.05) is 13.1 Å². The first-order valence-corrected chi connectivity index (χ1v) is 6.25. The molecule has 1 aromatic heterocycles. The molecule has 1 aliphatic heterocycles. The highest BCUT2D eigenvalue weighted by molar-refractivity contribution is 7.14. The van der Waals surface area contributed by atoms with Gasteiger partial charge < -0.3 is 5.32 Å². The monoisotopic (exact) mass is 223 g/mol. The van der Waals surface area contributed by atoms with Gasteiger partial charge in [-0.25, -0.2) is 0 Å². The second-order valence-electron chi connectivity index (χ2n) is 4.58. The number of rotatable bonds is 2. The van der Waals surface area contributed by atoms with Crippen LogP contribution < -0.4 is 5.32 Å². The smallest absolute Gasteiger partial charge is 0.179 e. The predicted octanol–water partition coefficient (Wildman–Crippen LogP) is 2.63. The molecule has 2 rings (SSSR count). The molecule has 1 fully saturated rings. The van der Waals surface area contributed by atoms with Crippen LogP contribution in [0.1, 0.15) is 34.3 Å². The van der Waals surface area contributed by atoms with Gasteiger partial charge in [-0.05, 0) is 38.4 Å². The summed E-state index contributed by atoms with van der Waals surface area (Å²) in [5, 5.41) is 3.32. The number of carbonyl (C=O) groups is 1. The van der Waals surface area contributed by atoms with Gasteiger partial charge in [-0.1, -0.05) is 6.92 Å². The van der Waals surface area contributed by atoms with E-state index in [1.54, 1.807) is 11.3 Å². The van der Waals surface area contributed by atoms with E-state index in [-0.39, 0.29) is 5.41 Å².